The minimum atomic E-state index is 1.32. The maximum absolute atomic E-state index is 2.39. The van der Waals surface area contributed by atoms with Gasteiger partial charge in [-0.15, -0.1) is 0 Å². The summed E-state index contributed by atoms with van der Waals surface area (Å²) in [7, 11) is 0. The fourth-order valence-corrected chi connectivity index (χ4v) is 4.43. The molecule has 0 bridgehead atoms. The second-order valence-electron chi connectivity index (χ2n) is 8.25. The second-order valence-corrected chi connectivity index (χ2v) is 8.25. The van der Waals surface area contributed by atoms with E-state index in [2.05, 4.69) is 25.1 Å². The third-order valence-electron chi connectivity index (χ3n) is 6.04. The molecule has 0 unspecified atom stereocenters. The fraction of sp³-hybridized carbons (Fsp3) is 0.760. The average Bonchev–Trinajstić information content (AvgIpc) is 2.65. The molecule has 25 heavy (non-hydrogen) atoms. The maximum Gasteiger partial charge on any atom is -0.0273 e. The van der Waals surface area contributed by atoms with Crippen molar-refractivity contribution in [3.05, 3.63) is 34.9 Å². The standard InChI is InChI=1S/C25H42/c1-2-3-4-5-6-7-8-9-10-11-12-13-14-18-23-20-17-21-24-19-15-16-22-25(23)24/h17,20-21H,2-16,18-19,22H2,1H3. The van der Waals surface area contributed by atoms with Crippen LogP contribution in [0.2, 0.25) is 0 Å². The van der Waals surface area contributed by atoms with Crippen LogP contribution < -0.4 is 0 Å². The molecule has 1 aliphatic rings. The summed E-state index contributed by atoms with van der Waals surface area (Å²) in [5.41, 5.74) is 5.03. The Bertz CT molecular complexity index is 445. The van der Waals surface area contributed by atoms with Gasteiger partial charge in [0.2, 0.25) is 0 Å². The van der Waals surface area contributed by atoms with Gasteiger partial charge in [0.15, 0.2) is 0 Å². The van der Waals surface area contributed by atoms with Gasteiger partial charge in [-0.2, -0.15) is 0 Å². The van der Waals surface area contributed by atoms with Crippen molar-refractivity contribution in [2.45, 2.75) is 122 Å². The zero-order valence-corrected chi connectivity index (χ0v) is 17.0. The fourth-order valence-electron chi connectivity index (χ4n) is 4.43. The zero-order chi connectivity index (χ0) is 17.6. The van der Waals surface area contributed by atoms with Crippen molar-refractivity contribution >= 4 is 0 Å². The van der Waals surface area contributed by atoms with Crippen LogP contribution in [-0.2, 0) is 19.3 Å². The summed E-state index contributed by atoms with van der Waals surface area (Å²) in [6, 6.07) is 7.05. The molecule has 0 N–H and O–H groups in total. The lowest BCUT2D eigenvalue weighted by molar-refractivity contribution is 0.539. The molecule has 0 heteroatoms. The highest BCUT2D eigenvalue weighted by Crippen LogP contribution is 2.25. The van der Waals surface area contributed by atoms with Crippen molar-refractivity contribution in [2.75, 3.05) is 0 Å². The Balaban J connectivity index is 1.43. The van der Waals surface area contributed by atoms with Crippen molar-refractivity contribution < 1.29 is 0 Å². The maximum atomic E-state index is 2.39. The molecule has 2 rings (SSSR count). The normalized spacial score (nSPS) is 13.8. The first kappa shape index (κ1) is 20.5. The summed E-state index contributed by atoms with van der Waals surface area (Å²) in [6.07, 6.45) is 25.6. The summed E-state index contributed by atoms with van der Waals surface area (Å²) in [5, 5.41) is 0. The highest BCUT2D eigenvalue weighted by atomic mass is 14.2. The largest absolute Gasteiger partial charge is 0.0654 e. The molecular weight excluding hydrogens is 300 g/mol. The summed E-state index contributed by atoms with van der Waals surface area (Å²) >= 11 is 0. The van der Waals surface area contributed by atoms with Gasteiger partial charge >= 0.3 is 0 Å². The average molecular weight is 343 g/mol. The minimum Gasteiger partial charge on any atom is -0.0654 e. The highest BCUT2D eigenvalue weighted by molar-refractivity contribution is 5.37. The number of fused-ring (bicyclic) bond motifs is 1. The number of aryl methyl sites for hydroxylation is 2. The van der Waals surface area contributed by atoms with E-state index in [1.165, 1.54) is 116 Å². The van der Waals surface area contributed by atoms with Gasteiger partial charge in [0.05, 0.1) is 0 Å². The van der Waals surface area contributed by atoms with E-state index in [1.54, 1.807) is 16.7 Å². The van der Waals surface area contributed by atoms with Crippen LogP contribution in [-0.4, -0.2) is 0 Å². The zero-order valence-electron chi connectivity index (χ0n) is 17.0. The number of unbranched alkanes of at least 4 members (excludes halogenated alkanes) is 12. The lowest BCUT2D eigenvalue weighted by Gasteiger charge is -2.19. The molecule has 0 spiro atoms. The van der Waals surface area contributed by atoms with Gasteiger partial charge in [-0.1, -0.05) is 102 Å². The Labute approximate surface area is 157 Å². The third-order valence-corrected chi connectivity index (χ3v) is 6.04. The van der Waals surface area contributed by atoms with Gasteiger partial charge in [0.25, 0.3) is 0 Å². The van der Waals surface area contributed by atoms with Gasteiger partial charge < -0.3 is 0 Å². The first-order valence-electron chi connectivity index (χ1n) is 11.5. The first-order chi connectivity index (χ1) is 12.4. The van der Waals surface area contributed by atoms with Crippen molar-refractivity contribution in [1.29, 1.82) is 0 Å². The molecule has 0 radical (unpaired) electrons. The third kappa shape index (κ3) is 8.43. The minimum absolute atomic E-state index is 1.32. The van der Waals surface area contributed by atoms with Gasteiger partial charge in [0.1, 0.15) is 0 Å². The smallest absolute Gasteiger partial charge is 0.0273 e. The topological polar surface area (TPSA) is 0 Å². The second kappa shape index (κ2) is 13.4. The monoisotopic (exact) mass is 342 g/mol. The molecule has 0 fully saturated rings. The lowest BCUT2D eigenvalue weighted by Crippen LogP contribution is -2.06. The van der Waals surface area contributed by atoms with E-state index < -0.39 is 0 Å². The molecule has 0 nitrogen and oxygen atoms in total. The van der Waals surface area contributed by atoms with E-state index in [0.717, 1.165) is 0 Å². The van der Waals surface area contributed by atoms with Crippen LogP contribution in [0.4, 0.5) is 0 Å². The van der Waals surface area contributed by atoms with Crippen molar-refractivity contribution in [3.63, 3.8) is 0 Å². The van der Waals surface area contributed by atoms with E-state index in [9.17, 15) is 0 Å². The number of benzene rings is 1. The predicted molar refractivity (Wildman–Crippen MR) is 112 cm³/mol. The van der Waals surface area contributed by atoms with Crippen LogP contribution in [0.3, 0.4) is 0 Å². The molecule has 0 aromatic heterocycles. The Morgan fingerprint density at radius 1 is 0.640 bits per heavy atom. The molecule has 0 saturated heterocycles. The number of rotatable bonds is 14. The molecule has 0 amide bonds. The van der Waals surface area contributed by atoms with Gasteiger partial charge in [-0.3, -0.25) is 0 Å². The van der Waals surface area contributed by atoms with Gasteiger partial charge in [-0.05, 0) is 55.2 Å². The van der Waals surface area contributed by atoms with Gasteiger partial charge in [-0.25, -0.2) is 0 Å². The van der Waals surface area contributed by atoms with Crippen molar-refractivity contribution in [2.24, 2.45) is 0 Å². The molecular formula is C25H42. The SMILES string of the molecule is CCCCCCCCCCCCCCCc1cccc2c1CCCC2. The highest BCUT2D eigenvalue weighted by Gasteiger charge is 2.12. The molecule has 0 saturated carbocycles. The van der Waals surface area contributed by atoms with E-state index in [0.29, 0.717) is 0 Å². The Kier molecular flexibility index (Phi) is 11.0. The predicted octanol–water partition coefficient (Wildman–Crippen LogP) is 8.20. The molecule has 0 atom stereocenters. The molecule has 1 aromatic rings. The Morgan fingerprint density at radius 2 is 1.20 bits per heavy atom. The van der Waals surface area contributed by atoms with Crippen LogP contribution in [0.15, 0.2) is 18.2 Å². The Hall–Kier alpha value is -0.780. The molecule has 142 valence electrons. The van der Waals surface area contributed by atoms with Crippen LogP contribution >= 0.6 is 0 Å². The van der Waals surface area contributed by atoms with E-state index >= 15 is 0 Å². The van der Waals surface area contributed by atoms with Crippen LogP contribution in [0.1, 0.15) is 120 Å². The summed E-state index contributed by atoms with van der Waals surface area (Å²) < 4.78 is 0. The Morgan fingerprint density at radius 3 is 1.84 bits per heavy atom. The van der Waals surface area contributed by atoms with Crippen LogP contribution in [0.5, 0.6) is 0 Å². The van der Waals surface area contributed by atoms with E-state index in [4.69, 9.17) is 0 Å². The van der Waals surface area contributed by atoms with Crippen molar-refractivity contribution in [3.8, 4) is 0 Å². The van der Waals surface area contributed by atoms with E-state index in [1.807, 2.05) is 0 Å². The molecule has 1 aliphatic carbocycles. The summed E-state index contributed by atoms with van der Waals surface area (Å²) in [5.74, 6) is 0. The first-order valence-corrected chi connectivity index (χ1v) is 11.5. The number of hydrogen-bond acceptors (Lipinski definition) is 0. The molecule has 0 aliphatic heterocycles. The quantitative estimate of drug-likeness (QED) is 0.299. The molecule has 0 heterocycles. The summed E-state index contributed by atoms with van der Waals surface area (Å²) in [4.78, 5) is 0. The van der Waals surface area contributed by atoms with E-state index in [-0.39, 0.29) is 0 Å². The lowest BCUT2D eigenvalue weighted by atomic mass is 9.86. The van der Waals surface area contributed by atoms with Crippen molar-refractivity contribution in [1.82, 2.24) is 0 Å². The van der Waals surface area contributed by atoms with Crippen LogP contribution in [0.25, 0.3) is 0 Å². The number of hydrogen-bond donors (Lipinski definition) is 0. The molecule has 1 aromatic carbocycles. The summed E-state index contributed by atoms with van der Waals surface area (Å²) in [6.45, 7) is 2.30. The van der Waals surface area contributed by atoms with Gasteiger partial charge in [0, 0.05) is 0 Å². The van der Waals surface area contributed by atoms with Crippen LogP contribution in [0, 0.1) is 0 Å².